The standard InChI is InChI=1S/C29H37N7O3/c1-28(2,3)39-27(38)35-18-29(19-35)10-12-34(13-11-29)22-8-9-24(30-16-22)32-26-31-15-20-14-23(17-37)36(25(20)33-26)21-6-4-5-7-21/h8-9,14-17,21H,4-7,10-13,18-19H2,1-3H3,(H,30,31,32,33). The van der Waals surface area contributed by atoms with E-state index in [1.807, 2.05) is 44.0 Å². The Balaban J connectivity index is 1.07. The summed E-state index contributed by atoms with van der Waals surface area (Å²) in [5.41, 5.74) is 2.28. The van der Waals surface area contributed by atoms with Crippen LogP contribution in [-0.2, 0) is 4.74 Å². The summed E-state index contributed by atoms with van der Waals surface area (Å²) in [6.07, 6.45) is 11.0. The number of hydrogen-bond acceptors (Lipinski definition) is 8. The van der Waals surface area contributed by atoms with E-state index in [2.05, 4.69) is 30.8 Å². The smallest absolute Gasteiger partial charge is 0.410 e. The van der Waals surface area contributed by atoms with Gasteiger partial charge in [-0.15, -0.1) is 0 Å². The second-order valence-corrected chi connectivity index (χ2v) is 12.3. The van der Waals surface area contributed by atoms with Crippen LogP contribution < -0.4 is 10.2 Å². The van der Waals surface area contributed by atoms with Gasteiger partial charge in [-0.1, -0.05) is 12.8 Å². The van der Waals surface area contributed by atoms with Crippen LogP contribution in [0.15, 0.2) is 30.6 Å². The molecule has 1 spiro atoms. The predicted octanol–water partition coefficient (Wildman–Crippen LogP) is 5.33. The zero-order valence-electron chi connectivity index (χ0n) is 23.0. The SMILES string of the molecule is CC(C)(C)OC(=O)N1CC2(CCN(c3ccc(Nc4ncc5cc(C=O)n(C6CCCC6)c5n4)nc3)CC2)C1. The number of aldehydes is 1. The second-order valence-electron chi connectivity index (χ2n) is 12.3. The lowest BCUT2D eigenvalue weighted by Gasteiger charge is -2.53. The number of rotatable bonds is 5. The van der Waals surface area contributed by atoms with E-state index in [-0.39, 0.29) is 11.5 Å². The third kappa shape index (κ3) is 5.16. The predicted molar refractivity (Wildman–Crippen MR) is 150 cm³/mol. The lowest BCUT2D eigenvalue weighted by atomic mass is 9.72. The minimum Gasteiger partial charge on any atom is -0.444 e. The number of anilines is 3. The Morgan fingerprint density at radius 1 is 1.10 bits per heavy atom. The largest absolute Gasteiger partial charge is 0.444 e. The molecule has 10 nitrogen and oxygen atoms in total. The van der Waals surface area contributed by atoms with Crippen molar-refractivity contribution in [2.45, 2.75) is 70.9 Å². The van der Waals surface area contributed by atoms with Gasteiger partial charge in [0.25, 0.3) is 0 Å². The zero-order chi connectivity index (χ0) is 27.2. The molecule has 0 bridgehead atoms. The number of ether oxygens (including phenoxy) is 1. The fourth-order valence-electron chi connectivity index (χ4n) is 6.26. The molecule has 2 aliphatic heterocycles. The maximum atomic E-state index is 12.3. The summed E-state index contributed by atoms with van der Waals surface area (Å²) in [4.78, 5) is 42.1. The molecule has 0 radical (unpaired) electrons. The number of amides is 1. The van der Waals surface area contributed by atoms with Gasteiger partial charge < -0.3 is 24.4 Å². The Morgan fingerprint density at radius 3 is 2.49 bits per heavy atom. The first-order valence-corrected chi connectivity index (χ1v) is 14.0. The second kappa shape index (κ2) is 9.81. The Hall–Kier alpha value is -3.69. The molecule has 0 unspecified atom stereocenters. The first kappa shape index (κ1) is 25.6. The van der Waals surface area contributed by atoms with Crippen LogP contribution in [0, 0.1) is 5.41 Å². The summed E-state index contributed by atoms with van der Waals surface area (Å²) >= 11 is 0. The normalized spacial score (nSPS) is 19.4. The van der Waals surface area contributed by atoms with E-state index >= 15 is 0 Å². The van der Waals surface area contributed by atoms with Crippen molar-refractivity contribution in [3.63, 3.8) is 0 Å². The Labute approximate surface area is 228 Å². The van der Waals surface area contributed by atoms with Crippen molar-refractivity contribution in [1.29, 1.82) is 0 Å². The van der Waals surface area contributed by atoms with Crippen molar-refractivity contribution < 1.29 is 14.3 Å². The number of nitrogens with one attached hydrogen (secondary N) is 1. The lowest BCUT2D eigenvalue weighted by molar-refractivity contribution is -0.0434. The van der Waals surface area contributed by atoms with Crippen molar-refractivity contribution in [2.75, 3.05) is 36.4 Å². The van der Waals surface area contributed by atoms with Crippen LogP contribution >= 0.6 is 0 Å². The Kier molecular flexibility index (Phi) is 6.43. The molecule has 1 N–H and O–H groups in total. The molecule has 0 atom stereocenters. The third-order valence-electron chi connectivity index (χ3n) is 8.30. The van der Waals surface area contributed by atoms with Crippen LogP contribution in [0.5, 0.6) is 0 Å². The number of piperidine rings is 1. The lowest BCUT2D eigenvalue weighted by Crippen LogP contribution is -2.62. The van der Waals surface area contributed by atoms with Gasteiger partial charge in [-0.3, -0.25) is 4.79 Å². The summed E-state index contributed by atoms with van der Waals surface area (Å²) < 4.78 is 7.59. The highest BCUT2D eigenvalue weighted by Gasteiger charge is 2.47. The molecule has 1 amide bonds. The van der Waals surface area contributed by atoms with Crippen molar-refractivity contribution >= 4 is 40.9 Å². The molecule has 2 saturated heterocycles. The van der Waals surface area contributed by atoms with Crippen molar-refractivity contribution in [1.82, 2.24) is 24.4 Å². The topological polar surface area (TPSA) is 105 Å². The number of carbonyl (C=O) groups is 2. The van der Waals surface area contributed by atoms with E-state index in [1.165, 1.54) is 12.8 Å². The maximum Gasteiger partial charge on any atom is 0.410 e. The van der Waals surface area contributed by atoms with E-state index in [1.54, 1.807) is 6.20 Å². The van der Waals surface area contributed by atoms with Gasteiger partial charge in [0.1, 0.15) is 17.1 Å². The number of nitrogens with zero attached hydrogens (tertiary/aromatic N) is 6. The number of fused-ring (bicyclic) bond motifs is 1. The van der Waals surface area contributed by atoms with E-state index in [4.69, 9.17) is 9.72 Å². The van der Waals surface area contributed by atoms with Crippen molar-refractivity contribution in [2.24, 2.45) is 5.41 Å². The minimum atomic E-state index is -0.462. The molecule has 206 valence electrons. The van der Waals surface area contributed by atoms with Crippen LogP contribution in [0.3, 0.4) is 0 Å². The van der Waals surface area contributed by atoms with Gasteiger partial charge in [-0.05, 0) is 64.7 Å². The molecule has 3 aromatic rings. The molecular formula is C29H37N7O3. The van der Waals surface area contributed by atoms with Crippen molar-refractivity contribution in [3.05, 3.63) is 36.3 Å². The molecule has 1 aliphatic carbocycles. The number of likely N-dealkylation sites (tertiary alicyclic amines) is 1. The van der Waals surface area contributed by atoms with Gasteiger partial charge in [0, 0.05) is 49.2 Å². The molecule has 6 rings (SSSR count). The molecule has 5 heterocycles. The summed E-state index contributed by atoms with van der Waals surface area (Å²) in [5.74, 6) is 1.14. The van der Waals surface area contributed by atoms with Crippen LogP contribution in [-0.4, -0.2) is 68.6 Å². The van der Waals surface area contributed by atoms with E-state index in [9.17, 15) is 9.59 Å². The van der Waals surface area contributed by atoms with Crippen molar-refractivity contribution in [3.8, 4) is 0 Å². The number of aromatic nitrogens is 4. The molecule has 3 aliphatic rings. The first-order valence-electron chi connectivity index (χ1n) is 14.0. The van der Waals surface area contributed by atoms with Crippen LogP contribution in [0.25, 0.3) is 11.0 Å². The molecule has 0 aromatic carbocycles. The van der Waals surface area contributed by atoms with E-state index in [0.717, 1.165) is 74.9 Å². The summed E-state index contributed by atoms with van der Waals surface area (Å²) in [6, 6.07) is 6.21. The monoisotopic (exact) mass is 531 g/mol. The van der Waals surface area contributed by atoms with Crippen LogP contribution in [0.1, 0.15) is 75.8 Å². The minimum absolute atomic E-state index is 0.207. The highest BCUT2D eigenvalue weighted by Crippen LogP contribution is 2.42. The van der Waals surface area contributed by atoms with Gasteiger partial charge in [-0.25, -0.2) is 14.8 Å². The van der Waals surface area contributed by atoms with Crippen LogP contribution in [0.2, 0.25) is 0 Å². The highest BCUT2D eigenvalue weighted by molar-refractivity contribution is 5.87. The summed E-state index contributed by atoms with van der Waals surface area (Å²) in [6.45, 7) is 9.14. The van der Waals surface area contributed by atoms with Gasteiger partial charge in [0.2, 0.25) is 5.95 Å². The quantitative estimate of drug-likeness (QED) is 0.440. The van der Waals surface area contributed by atoms with Gasteiger partial charge in [0.15, 0.2) is 6.29 Å². The number of pyridine rings is 1. The Bertz CT molecular complexity index is 1360. The van der Waals surface area contributed by atoms with Gasteiger partial charge in [0.05, 0.1) is 17.6 Å². The van der Waals surface area contributed by atoms with Gasteiger partial charge >= 0.3 is 6.09 Å². The first-order chi connectivity index (χ1) is 18.7. The van der Waals surface area contributed by atoms with Gasteiger partial charge in [-0.2, -0.15) is 4.98 Å². The zero-order valence-corrected chi connectivity index (χ0v) is 23.0. The molecule has 1 saturated carbocycles. The molecule has 10 heteroatoms. The number of carbonyl (C=O) groups excluding carboxylic acids is 2. The Morgan fingerprint density at radius 2 is 1.85 bits per heavy atom. The fraction of sp³-hybridized carbons (Fsp3) is 0.552. The average molecular weight is 532 g/mol. The summed E-state index contributed by atoms with van der Waals surface area (Å²) in [7, 11) is 0. The maximum absolute atomic E-state index is 12.3. The average Bonchev–Trinajstić information content (AvgIpc) is 3.54. The molecular weight excluding hydrogens is 494 g/mol. The van der Waals surface area contributed by atoms with E-state index < -0.39 is 5.60 Å². The molecule has 39 heavy (non-hydrogen) atoms. The third-order valence-corrected chi connectivity index (χ3v) is 8.30. The van der Waals surface area contributed by atoms with Crippen LogP contribution in [0.4, 0.5) is 22.2 Å². The highest BCUT2D eigenvalue weighted by atomic mass is 16.6. The molecule has 3 fully saturated rings. The fourth-order valence-corrected chi connectivity index (χ4v) is 6.26. The summed E-state index contributed by atoms with van der Waals surface area (Å²) in [5, 5.41) is 4.11. The molecule has 3 aromatic heterocycles. The van der Waals surface area contributed by atoms with E-state index in [0.29, 0.717) is 23.5 Å². The number of hydrogen-bond donors (Lipinski definition) is 1.